The van der Waals surface area contributed by atoms with E-state index < -0.39 is 0 Å². The van der Waals surface area contributed by atoms with Crippen molar-refractivity contribution in [1.29, 1.82) is 0 Å². The molecular formula is C20H20FN3O. The van der Waals surface area contributed by atoms with Crippen molar-refractivity contribution in [1.82, 2.24) is 14.9 Å². The maximum Gasteiger partial charge on any atom is 0.147 e. The van der Waals surface area contributed by atoms with Crippen molar-refractivity contribution in [3.05, 3.63) is 65.9 Å². The Morgan fingerprint density at radius 3 is 2.52 bits per heavy atom. The molecule has 0 aliphatic carbocycles. The topological polar surface area (TPSA) is 49.2 Å². The van der Waals surface area contributed by atoms with Crippen LogP contribution in [0.4, 0.5) is 4.39 Å². The van der Waals surface area contributed by atoms with Crippen LogP contribution in [0.2, 0.25) is 0 Å². The second kappa shape index (κ2) is 6.76. The van der Waals surface area contributed by atoms with Gasteiger partial charge in [0.2, 0.25) is 0 Å². The third-order valence-electron chi connectivity index (χ3n) is 4.92. The highest BCUT2D eigenvalue weighted by Crippen LogP contribution is 2.38. The Bertz CT molecular complexity index is 876. The van der Waals surface area contributed by atoms with E-state index in [0.717, 1.165) is 42.4 Å². The van der Waals surface area contributed by atoms with Crippen LogP contribution in [0.1, 0.15) is 36.4 Å². The number of benzene rings is 2. The molecule has 2 aromatic carbocycles. The molecule has 5 heteroatoms. The highest BCUT2D eigenvalue weighted by Gasteiger charge is 2.27. The molecule has 1 N–H and O–H groups in total. The highest BCUT2D eigenvalue weighted by molar-refractivity contribution is 5.85. The minimum Gasteiger partial charge on any atom is -0.505 e. The number of hydrogen-bond donors (Lipinski definition) is 1. The summed E-state index contributed by atoms with van der Waals surface area (Å²) in [5.41, 5.74) is 2.34. The standard InChI is InChI=1S/C20H20FN3O/c21-16-7-4-14(5-8-16)19(24-10-2-1-3-11-24)17-9-6-15-12-22-13-23-18(15)20(17)25/h4-9,12-13,19,25H,1-3,10-11H2. The van der Waals surface area contributed by atoms with Gasteiger partial charge in [0.1, 0.15) is 23.4 Å². The van der Waals surface area contributed by atoms with Crippen molar-refractivity contribution < 1.29 is 9.50 Å². The fraction of sp³-hybridized carbons (Fsp3) is 0.300. The summed E-state index contributed by atoms with van der Waals surface area (Å²) in [7, 11) is 0. The summed E-state index contributed by atoms with van der Waals surface area (Å²) < 4.78 is 13.4. The SMILES string of the molecule is Oc1c(C(c2ccc(F)cc2)N2CCCCC2)ccc2cncnc12. The average molecular weight is 337 g/mol. The molecule has 1 aromatic heterocycles. The van der Waals surface area contributed by atoms with E-state index in [0.29, 0.717) is 5.52 Å². The minimum absolute atomic E-state index is 0.111. The zero-order chi connectivity index (χ0) is 17.2. The van der Waals surface area contributed by atoms with Crippen molar-refractivity contribution in [3.63, 3.8) is 0 Å². The van der Waals surface area contributed by atoms with Crippen LogP contribution in [-0.2, 0) is 0 Å². The first-order valence-electron chi connectivity index (χ1n) is 8.65. The van der Waals surface area contributed by atoms with Crippen LogP contribution in [0, 0.1) is 5.82 Å². The van der Waals surface area contributed by atoms with Gasteiger partial charge in [-0.25, -0.2) is 14.4 Å². The van der Waals surface area contributed by atoms with E-state index in [1.165, 1.54) is 24.9 Å². The zero-order valence-electron chi connectivity index (χ0n) is 13.9. The number of hydrogen-bond acceptors (Lipinski definition) is 4. The Balaban J connectivity index is 1.85. The quantitative estimate of drug-likeness (QED) is 0.783. The number of piperidine rings is 1. The average Bonchev–Trinajstić information content (AvgIpc) is 2.66. The predicted molar refractivity (Wildman–Crippen MR) is 94.9 cm³/mol. The number of halogens is 1. The van der Waals surface area contributed by atoms with Crippen LogP contribution in [0.15, 0.2) is 48.9 Å². The van der Waals surface area contributed by atoms with E-state index in [9.17, 15) is 9.50 Å². The van der Waals surface area contributed by atoms with Gasteiger partial charge in [-0.2, -0.15) is 0 Å². The Labute approximate surface area is 146 Å². The molecule has 25 heavy (non-hydrogen) atoms. The van der Waals surface area contributed by atoms with Crippen molar-refractivity contribution in [2.75, 3.05) is 13.1 Å². The number of aromatic hydroxyl groups is 1. The molecule has 4 rings (SSSR count). The molecule has 0 amide bonds. The summed E-state index contributed by atoms with van der Waals surface area (Å²) in [5, 5.41) is 11.7. The molecule has 2 heterocycles. The Morgan fingerprint density at radius 1 is 1.00 bits per heavy atom. The van der Waals surface area contributed by atoms with Gasteiger partial charge >= 0.3 is 0 Å². The van der Waals surface area contributed by atoms with E-state index in [1.54, 1.807) is 18.3 Å². The maximum atomic E-state index is 13.4. The lowest BCUT2D eigenvalue weighted by molar-refractivity contribution is 0.185. The minimum atomic E-state index is -0.253. The summed E-state index contributed by atoms with van der Waals surface area (Å²) in [6.07, 6.45) is 6.63. The number of likely N-dealkylation sites (tertiary alicyclic amines) is 1. The molecule has 1 saturated heterocycles. The van der Waals surface area contributed by atoms with Gasteiger partial charge in [-0.05, 0) is 43.6 Å². The summed E-state index contributed by atoms with van der Waals surface area (Å²) in [6, 6.07) is 10.3. The highest BCUT2D eigenvalue weighted by atomic mass is 19.1. The Morgan fingerprint density at radius 2 is 1.76 bits per heavy atom. The molecule has 1 aliphatic rings. The molecule has 1 unspecified atom stereocenters. The number of phenolic OH excluding ortho intramolecular Hbond substituents is 1. The van der Waals surface area contributed by atoms with Gasteiger partial charge < -0.3 is 5.11 Å². The van der Waals surface area contributed by atoms with Crippen molar-refractivity contribution in [2.45, 2.75) is 25.3 Å². The van der Waals surface area contributed by atoms with Gasteiger partial charge in [-0.15, -0.1) is 0 Å². The van der Waals surface area contributed by atoms with Crippen LogP contribution in [0.3, 0.4) is 0 Å². The lowest BCUT2D eigenvalue weighted by Gasteiger charge is -2.35. The van der Waals surface area contributed by atoms with Gasteiger partial charge in [0, 0.05) is 17.1 Å². The first-order chi connectivity index (χ1) is 12.2. The molecule has 1 aliphatic heterocycles. The van der Waals surface area contributed by atoms with Crippen LogP contribution < -0.4 is 0 Å². The zero-order valence-corrected chi connectivity index (χ0v) is 13.9. The fourth-order valence-corrected chi connectivity index (χ4v) is 3.68. The van der Waals surface area contributed by atoms with Gasteiger partial charge in [0.05, 0.1) is 6.04 Å². The summed E-state index contributed by atoms with van der Waals surface area (Å²) in [6.45, 7) is 1.92. The normalized spacial score (nSPS) is 16.8. The molecule has 0 spiro atoms. The van der Waals surface area contributed by atoms with E-state index in [1.807, 2.05) is 12.1 Å². The maximum absolute atomic E-state index is 13.4. The molecule has 128 valence electrons. The second-order valence-corrected chi connectivity index (χ2v) is 6.51. The van der Waals surface area contributed by atoms with Gasteiger partial charge in [-0.1, -0.05) is 30.7 Å². The van der Waals surface area contributed by atoms with Crippen LogP contribution in [-0.4, -0.2) is 33.1 Å². The molecule has 0 saturated carbocycles. The first kappa shape index (κ1) is 16.0. The van der Waals surface area contributed by atoms with Crippen molar-refractivity contribution >= 4 is 10.9 Å². The van der Waals surface area contributed by atoms with E-state index in [4.69, 9.17) is 0 Å². The van der Waals surface area contributed by atoms with Gasteiger partial charge in [-0.3, -0.25) is 4.90 Å². The molecule has 1 fully saturated rings. The summed E-state index contributed by atoms with van der Waals surface area (Å²) >= 11 is 0. The smallest absolute Gasteiger partial charge is 0.147 e. The molecule has 4 nitrogen and oxygen atoms in total. The largest absolute Gasteiger partial charge is 0.505 e. The van der Waals surface area contributed by atoms with Crippen LogP contribution in [0.25, 0.3) is 10.9 Å². The van der Waals surface area contributed by atoms with E-state index in [-0.39, 0.29) is 17.6 Å². The first-order valence-corrected chi connectivity index (χ1v) is 8.65. The molecule has 0 radical (unpaired) electrons. The van der Waals surface area contributed by atoms with Gasteiger partial charge in [0.15, 0.2) is 0 Å². The number of phenols is 1. The number of aromatic nitrogens is 2. The predicted octanol–water partition coefficient (Wildman–Crippen LogP) is 4.05. The van der Waals surface area contributed by atoms with E-state index in [2.05, 4.69) is 14.9 Å². The second-order valence-electron chi connectivity index (χ2n) is 6.51. The number of nitrogens with zero attached hydrogens (tertiary/aromatic N) is 3. The number of fused-ring (bicyclic) bond motifs is 1. The van der Waals surface area contributed by atoms with Gasteiger partial charge in [0.25, 0.3) is 0 Å². The molecule has 3 aromatic rings. The molecular weight excluding hydrogens is 317 g/mol. The molecule has 0 bridgehead atoms. The Hall–Kier alpha value is -2.53. The van der Waals surface area contributed by atoms with Crippen LogP contribution in [0.5, 0.6) is 5.75 Å². The molecule has 1 atom stereocenters. The summed E-state index contributed by atoms with van der Waals surface area (Å²) in [4.78, 5) is 10.6. The summed E-state index contributed by atoms with van der Waals surface area (Å²) in [5.74, 6) is -0.0728. The van der Waals surface area contributed by atoms with Crippen molar-refractivity contribution in [2.24, 2.45) is 0 Å². The monoisotopic (exact) mass is 337 g/mol. The third-order valence-corrected chi connectivity index (χ3v) is 4.92. The third kappa shape index (κ3) is 3.07. The van der Waals surface area contributed by atoms with E-state index >= 15 is 0 Å². The Kier molecular flexibility index (Phi) is 4.32. The lowest BCUT2D eigenvalue weighted by Crippen LogP contribution is -2.34. The fourth-order valence-electron chi connectivity index (χ4n) is 3.68. The lowest BCUT2D eigenvalue weighted by atomic mass is 9.93. The number of rotatable bonds is 3. The van der Waals surface area contributed by atoms with Crippen LogP contribution >= 0.6 is 0 Å². The van der Waals surface area contributed by atoms with Crippen molar-refractivity contribution in [3.8, 4) is 5.75 Å².